The summed E-state index contributed by atoms with van der Waals surface area (Å²) in [5.74, 6) is 1.29. The lowest BCUT2D eigenvalue weighted by Crippen LogP contribution is -2.62. The Morgan fingerprint density at radius 3 is 1.46 bits per heavy atom. The zero-order valence-electron chi connectivity index (χ0n) is 23.1. The maximum absolute atomic E-state index is 10.4. The van der Waals surface area contributed by atoms with Gasteiger partial charge in [-0.1, -0.05) is 91.0 Å². The molecule has 0 aromatic heterocycles. The second-order valence-corrected chi connectivity index (χ2v) is 9.80. The SMILES string of the molecule is COc1ccc(O[C@H]2O[C@H](CO)[C@H](OCc3ccccc3)[C@H](OCc3ccccc3)[C@H]2OCc2ccccc2)cc1. The molecule has 0 saturated carbocycles. The highest BCUT2D eigenvalue weighted by molar-refractivity contribution is 5.31. The smallest absolute Gasteiger partial charge is 0.229 e. The molecule has 1 fully saturated rings. The lowest BCUT2D eigenvalue weighted by Gasteiger charge is -2.45. The van der Waals surface area contributed by atoms with Gasteiger partial charge in [-0.15, -0.1) is 0 Å². The van der Waals surface area contributed by atoms with Gasteiger partial charge in [-0.05, 0) is 41.0 Å². The second kappa shape index (κ2) is 14.8. The average molecular weight is 557 g/mol. The van der Waals surface area contributed by atoms with E-state index in [0.29, 0.717) is 31.3 Å². The quantitative estimate of drug-likeness (QED) is 0.232. The van der Waals surface area contributed by atoms with Crippen molar-refractivity contribution >= 4 is 0 Å². The first kappa shape index (κ1) is 28.8. The van der Waals surface area contributed by atoms with E-state index in [1.807, 2.05) is 115 Å². The highest BCUT2D eigenvalue weighted by atomic mass is 16.7. The fourth-order valence-corrected chi connectivity index (χ4v) is 4.78. The third-order valence-corrected chi connectivity index (χ3v) is 6.94. The van der Waals surface area contributed by atoms with Crippen LogP contribution in [0.2, 0.25) is 0 Å². The minimum absolute atomic E-state index is 0.279. The van der Waals surface area contributed by atoms with Crippen LogP contribution < -0.4 is 9.47 Å². The number of aliphatic hydroxyl groups excluding tert-OH is 1. The third-order valence-electron chi connectivity index (χ3n) is 6.94. The van der Waals surface area contributed by atoms with Crippen molar-refractivity contribution in [1.29, 1.82) is 0 Å². The van der Waals surface area contributed by atoms with Crippen LogP contribution in [0.1, 0.15) is 16.7 Å². The molecule has 4 aromatic carbocycles. The van der Waals surface area contributed by atoms with Crippen LogP contribution in [0.25, 0.3) is 0 Å². The predicted octanol–water partition coefficient (Wildman–Crippen LogP) is 5.55. The van der Waals surface area contributed by atoms with E-state index >= 15 is 0 Å². The van der Waals surface area contributed by atoms with Gasteiger partial charge in [0.05, 0.1) is 33.5 Å². The topological polar surface area (TPSA) is 75.6 Å². The summed E-state index contributed by atoms with van der Waals surface area (Å²) in [5.41, 5.74) is 3.02. The fourth-order valence-electron chi connectivity index (χ4n) is 4.78. The van der Waals surface area contributed by atoms with E-state index in [1.165, 1.54) is 0 Å². The summed E-state index contributed by atoms with van der Waals surface area (Å²) >= 11 is 0. The first-order valence-electron chi connectivity index (χ1n) is 13.8. The number of aliphatic hydroxyl groups is 1. The number of hydrogen-bond acceptors (Lipinski definition) is 7. The minimum Gasteiger partial charge on any atom is -0.497 e. The van der Waals surface area contributed by atoms with Crippen molar-refractivity contribution in [2.75, 3.05) is 13.7 Å². The van der Waals surface area contributed by atoms with Gasteiger partial charge in [-0.25, -0.2) is 0 Å². The van der Waals surface area contributed by atoms with Gasteiger partial charge in [-0.2, -0.15) is 0 Å². The summed E-state index contributed by atoms with van der Waals surface area (Å²) in [6.07, 6.45) is -3.50. The first-order chi connectivity index (χ1) is 20.2. The maximum Gasteiger partial charge on any atom is 0.229 e. The van der Waals surface area contributed by atoms with E-state index in [4.69, 9.17) is 28.4 Å². The van der Waals surface area contributed by atoms with Crippen LogP contribution in [0.4, 0.5) is 0 Å². The van der Waals surface area contributed by atoms with Crippen molar-refractivity contribution in [2.24, 2.45) is 0 Å². The molecule has 1 heterocycles. The van der Waals surface area contributed by atoms with Crippen LogP contribution >= 0.6 is 0 Å². The van der Waals surface area contributed by atoms with E-state index in [-0.39, 0.29) is 6.61 Å². The minimum atomic E-state index is -0.874. The molecular formula is C34H36O7. The Bertz CT molecular complexity index is 1290. The molecule has 41 heavy (non-hydrogen) atoms. The van der Waals surface area contributed by atoms with E-state index < -0.39 is 30.7 Å². The molecule has 0 radical (unpaired) electrons. The maximum atomic E-state index is 10.4. The number of methoxy groups -OCH3 is 1. The molecule has 0 bridgehead atoms. The van der Waals surface area contributed by atoms with Crippen LogP contribution in [0.5, 0.6) is 11.5 Å². The standard InChI is InChI=1S/C34H36O7/c1-36-28-17-19-29(20-18-28)40-34-33(39-24-27-15-9-4-10-16-27)32(38-23-26-13-7-3-8-14-26)31(30(21-35)41-34)37-22-25-11-5-2-6-12-25/h2-20,30-35H,21-24H2,1H3/t30-,31+,32+,33-,34+/m1/s1. The predicted molar refractivity (Wildman–Crippen MR) is 154 cm³/mol. The summed E-state index contributed by atoms with van der Waals surface area (Å²) in [6, 6.07) is 37.0. The van der Waals surface area contributed by atoms with Crippen molar-refractivity contribution < 1.29 is 33.5 Å². The highest BCUT2D eigenvalue weighted by Gasteiger charge is 2.49. The van der Waals surface area contributed by atoms with Crippen molar-refractivity contribution in [3.05, 3.63) is 132 Å². The molecule has 1 N–H and O–H groups in total. The number of rotatable bonds is 13. The third kappa shape index (κ3) is 7.94. The molecule has 0 amide bonds. The largest absolute Gasteiger partial charge is 0.497 e. The molecule has 5 atom stereocenters. The number of hydrogen-bond donors (Lipinski definition) is 1. The summed E-state index contributed by atoms with van der Waals surface area (Å²) in [6.45, 7) is 0.692. The van der Waals surface area contributed by atoms with E-state index in [2.05, 4.69) is 0 Å². The zero-order chi connectivity index (χ0) is 28.3. The van der Waals surface area contributed by atoms with Gasteiger partial charge < -0.3 is 33.5 Å². The van der Waals surface area contributed by atoms with Gasteiger partial charge in [0.2, 0.25) is 6.29 Å². The Balaban J connectivity index is 1.44. The lowest BCUT2D eigenvalue weighted by molar-refractivity contribution is -0.308. The molecule has 5 rings (SSSR count). The van der Waals surface area contributed by atoms with Crippen molar-refractivity contribution in [2.45, 2.75) is 50.5 Å². The average Bonchev–Trinajstić information content (AvgIpc) is 3.04. The first-order valence-corrected chi connectivity index (χ1v) is 13.8. The van der Waals surface area contributed by atoms with Gasteiger partial charge in [0.1, 0.15) is 35.9 Å². The van der Waals surface area contributed by atoms with Crippen molar-refractivity contribution in [3.63, 3.8) is 0 Å². The zero-order valence-corrected chi connectivity index (χ0v) is 23.1. The molecule has 0 aliphatic carbocycles. The van der Waals surface area contributed by atoms with E-state index in [0.717, 1.165) is 16.7 Å². The Kier molecular flexibility index (Phi) is 10.4. The van der Waals surface area contributed by atoms with Crippen LogP contribution in [0, 0.1) is 0 Å². The molecule has 7 nitrogen and oxygen atoms in total. The molecule has 1 saturated heterocycles. The fraction of sp³-hybridized carbons (Fsp3) is 0.294. The van der Waals surface area contributed by atoms with Gasteiger partial charge in [-0.3, -0.25) is 0 Å². The van der Waals surface area contributed by atoms with Crippen LogP contribution in [-0.2, 0) is 38.8 Å². The molecule has 4 aromatic rings. The molecule has 0 unspecified atom stereocenters. The highest BCUT2D eigenvalue weighted by Crippen LogP contribution is 2.32. The Morgan fingerprint density at radius 1 is 0.561 bits per heavy atom. The van der Waals surface area contributed by atoms with E-state index in [1.54, 1.807) is 7.11 Å². The molecular weight excluding hydrogens is 520 g/mol. The summed E-state index contributed by atoms with van der Waals surface area (Å²) in [4.78, 5) is 0. The van der Waals surface area contributed by atoms with Crippen LogP contribution in [0.3, 0.4) is 0 Å². The molecule has 1 aliphatic heterocycles. The van der Waals surface area contributed by atoms with Crippen molar-refractivity contribution in [1.82, 2.24) is 0 Å². The Morgan fingerprint density at radius 2 is 1.00 bits per heavy atom. The molecule has 214 valence electrons. The molecule has 1 aliphatic rings. The number of benzene rings is 4. The Labute approximate surface area is 241 Å². The van der Waals surface area contributed by atoms with Crippen LogP contribution in [0.15, 0.2) is 115 Å². The van der Waals surface area contributed by atoms with E-state index in [9.17, 15) is 5.11 Å². The number of ether oxygens (including phenoxy) is 6. The van der Waals surface area contributed by atoms with Gasteiger partial charge in [0.25, 0.3) is 0 Å². The molecule has 7 heteroatoms. The lowest BCUT2D eigenvalue weighted by atomic mass is 9.97. The summed E-state index contributed by atoms with van der Waals surface area (Å²) < 4.78 is 37.5. The normalized spacial score (nSPS) is 22.2. The van der Waals surface area contributed by atoms with Gasteiger partial charge >= 0.3 is 0 Å². The second-order valence-electron chi connectivity index (χ2n) is 9.80. The van der Waals surface area contributed by atoms with Gasteiger partial charge in [0, 0.05) is 0 Å². The Hall–Kier alpha value is -3.72. The molecule has 0 spiro atoms. The van der Waals surface area contributed by atoms with Crippen LogP contribution in [-0.4, -0.2) is 49.5 Å². The summed E-state index contributed by atoms with van der Waals surface area (Å²) in [5, 5.41) is 10.4. The van der Waals surface area contributed by atoms with Gasteiger partial charge in [0.15, 0.2) is 0 Å². The van der Waals surface area contributed by atoms with Crippen molar-refractivity contribution in [3.8, 4) is 11.5 Å². The summed E-state index contributed by atoms with van der Waals surface area (Å²) in [7, 11) is 1.61. The monoisotopic (exact) mass is 556 g/mol.